The van der Waals surface area contributed by atoms with Crippen molar-refractivity contribution in [3.63, 3.8) is 0 Å². The van der Waals surface area contributed by atoms with E-state index in [1.165, 1.54) is 12.8 Å². The molecule has 1 unspecified atom stereocenters. The van der Waals surface area contributed by atoms with E-state index < -0.39 is 5.92 Å². The van der Waals surface area contributed by atoms with Crippen molar-refractivity contribution in [3.8, 4) is 0 Å². The van der Waals surface area contributed by atoms with Gasteiger partial charge in [-0.3, -0.25) is 9.59 Å². The van der Waals surface area contributed by atoms with Gasteiger partial charge in [-0.2, -0.15) is 0 Å². The first-order valence-electron chi connectivity index (χ1n) is 9.68. The highest BCUT2D eigenvalue weighted by Gasteiger charge is 2.38. The first-order chi connectivity index (χ1) is 12.6. The number of benzene rings is 1. The maximum absolute atomic E-state index is 12.7. The molecular formula is C20H28BrN3O2. The number of piperidine rings is 1. The van der Waals surface area contributed by atoms with Crippen LogP contribution in [0.15, 0.2) is 28.7 Å². The van der Waals surface area contributed by atoms with E-state index in [2.05, 4.69) is 33.1 Å². The molecular weight excluding hydrogens is 394 g/mol. The van der Waals surface area contributed by atoms with E-state index in [1.807, 2.05) is 24.3 Å². The molecule has 3 rings (SSSR count). The van der Waals surface area contributed by atoms with Gasteiger partial charge in [0.05, 0.1) is 0 Å². The quantitative estimate of drug-likeness (QED) is 0.717. The highest BCUT2D eigenvalue weighted by atomic mass is 79.9. The summed E-state index contributed by atoms with van der Waals surface area (Å²) in [7, 11) is 0. The van der Waals surface area contributed by atoms with E-state index in [0.717, 1.165) is 42.6 Å². The molecule has 0 radical (unpaired) electrons. The van der Waals surface area contributed by atoms with Crippen LogP contribution in [0.2, 0.25) is 0 Å². The van der Waals surface area contributed by atoms with Gasteiger partial charge in [-0.15, -0.1) is 0 Å². The predicted octanol–water partition coefficient (Wildman–Crippen LogP) is 3.18. The summed E-state index contributed by atoms with van der Waals surface area (Å²) in [5, 5.41) is 3.13. The number of halogens is 1. The van der Waals surface area contributed by atoms with Crippen molar-refractivity contribution in [3.05, 3.63) is 28.7 Å². The van der Waals surface area contributed by atoms with Crippen LogP contribution >= 0.6 is 15.9 Å². The highest BCUT2D eigenvalue weighted by molar-refractivity contribution is 9.10. The molecule has 1 aromatic rings. The van der Waals surface area contributed by atoms with Crippen LogP contribution in [0.3, 0.4) is 0 Å². The van der Waals surface area contributed by atoms with E-state index in [1.54, 1.807) is 4.90 Å². The number of nitrogens with one attached hydrogen (secondary N) is 1. The third kappa shape index (κ3) is 4.65. The topological polar surface area (TPSA) is 52.7 Å². The van der Waals surface area contributed by atoms with Gasteiger partial charge in [0, 0.05) is 35.8 Å². The first kappa shape index (κ1) is 19.4. The minimum absolute atomic E-state index is 0.0824. The second-order valence-electron chi connectivity index (χ2n) is 7.29. The molecule has 0 aromatic heterocycles. The molecule has 2 heterocycles. The highest BCUT2D eigenvalue weighted by Crippen LogP contribution is 2.27. The van der Waals surface area contributed by atoms with Gasteiger partial charge in [-0.25, -0.2) is 0 Å². The molecule has 6 heteroatoms. The smallest absolute Gasteiger partial charge is 0.239 e. The molecule has 1 N–H and O–H groups in total. The van der Waals surface area contributed by atoms with Gasteiger partial charge < -0.3 is 15.1 Å². The molecule has 0 bridgehead atoms. The number of nitrogens with zero attached hydrogens (tertiary/aromatic N) is 2. The van der Waals surface area contributed by atoms with E-state index in [9.17, 15) is 9.59 Å². The Bertz CT molecular complexity index is 644. The van der Waals surface area contributed by atoms with Crippen molar-refractivity contribution in [1.29, 1.82) is 0 Å². The van der Waals surface area contributed by atoms with E-state index in [-0.39, 0.29) is 17.9 Å². The van der Waals surface area contributed by atoms with Crippen LogP contribution in [0.5, 0.6) is 0 Å². The van der Waals surface area contributed by atoms with Crippen molar-refractivity contribution >= 4 is 33.4 Å². The number of carbonyl (C=O) groups is 2. The Morgan fingerprint density at radius 1 is 1.23 bits per heavy atom. The number of hydrogen-bond donors (Lipinski definition) is 1. The Labute approximate surface area is 164 Å². The Hall–Kier alpha value is -1.40. The summed E-state index contributed by atoms with van der Waals surface area (Å²) in [4.78, 5) is 29.6. The van der Waals surface area contributed by atoms with E-state index in [4.69, 9.17) is 0 Å². The SMILES string of the molecule is CCCCN1CCC(NC(=O)C2CCN(c3cccc(Br)c3)C2=O)CC1. The Balaban J connectivity index is 1.51. The molecule has 1 atom stereocenters. The summed E-state index contributed by atoms with van der Waals surface area (Å²) in [6.07, 6.45) is 5.00. The molecule has 2 aliphatic heterocycles. The second kappa shape index (κ2) is 9.00. The van der Waals surface area contributed by atoms with Gasteiger partial charge in [-0.05, 0) is 50.4 Å². The zero-order chi connectivity index (χ0) is 18.5. The number of unbranched alkanes of at least 4 members (excludes halogenated alkanes) is 1. The normalized spacial score (nSPS) is 22.0. The minimum Gasteiger partial charge on any atom is -0.353 e. The third-order valence-corrected chi connectivity index (χ3v) is 5.90. The molecule has 5 nitrogen and oxygen atoms in total. The molecule has 2 fully saturated rings. The number of anilines is 1. The van der Waals surface area contributed by atoms with E-state index >= 15 is 0 Å². The Morgan fingerprint density at radius 3 is 2.69 bits per heavy atom. The van der Waals surface area contributed by atoms with Crippen LogP contribution in [0.1, 0.15) is 39.0 Å². The fourth-order valence-corrected chi connectivity index (χ4v) is 4.20. The van der Waals surface area contributed by atoms with Crippen molar-refractivity contribution in [2.45, 2.75) is 45.1 Å². The van der Waals surface area contributed by atoms with Crippen LogP contribution in [-0.2, 0) is 9.59 Å². The van der Waals surface area contributed by atoms with Gasteiger partial charge in [-0.1, -0.05) is 35.3 Å². The van der Waals surface area contributed by atoms with E-state index in [0.29, 0.717) is 13.0 Å². The largest absolute Gasteiger partial charge is 0.353 e. The zero-order valence-corrected chi connectivity index (χ0v) is 17.0. The molecule has 0 spiro atoms. The maximum atomic E-state index is 12.7. The van der Waals surface area contributed by atoms with Crippen LogP contribution in [0.25, 0.3) is 0 Å². The zero-order valence-electron chi connectivity index (χ0n) is 15.4. The standard InChI is InChI=1S/C20H28BrN3O2/c1-2-3-10-23-11-7-16(8-12-23)22-19(25)18-9-13-24(20(18)26)17-6-4-5-15(21)14-17/h4-6,14,16,18H,2-3,7-13H2,1H3,(H,22,25). The monoisotopic (exact) mass is 421 g/mol. The third-order valence-electron chi connectivity index (χ3n) is 5.40. The molecule has 26 heavy (non-hydrogen) atoms. The fourth-order valence-electron chi connectivity index (χ4n) is 3.81. The number of hydrogen-bond acceptors (Lipinski definition) is 3. The lowest BCUT2D eigenvalue weighted by molar-refractivity contribution is -0.132. The molecule has 142 valence electrons. The summed E-state index contributed by atoms with van der Waals surface area (Å²) in [6, 6.07) is 7.88. The van der Waals surface area contributed by atoms with Crippen LogP contribution < -0.4 is 10.2 Å². The minimum atomic E-state index is -0.549. The molecule has 1 aromatic carbocycles. The fraction of sp³-hybridized carbons (Fsp3) is 0.600. The summed E-state index contributed by atoms with van der Waals surface area (Å²) in [6.45, 7) is 6.03. The van der Waals surface area contributed by atoms with Crippen molar-refractivity contribution < 1.29 is 9.59 Å². The predicted molar refractivity (Wildman–Crippen MR) is 107 cm³/mol. The number of likely N-dealkylation sites (tertiary alicyclic amines) is 1. The molecule has 0 aliphatic carbocycles. The van der Waals surface area contributed by atoms with Gasteiger partial charge in [0.25, 0.3) is 0 Å². The van der Waals surface area contributed by atoms with Gasteiger partial charge in [0.2, 0.25) is 11.8 Å². The first-order valence-corrected chi connectivity index (χ1v) is 10.5. The van der Waals surface area contributed by atoms with Crippen LogP contribution in [0, 0.1) is 5.92 Å². The summed E-state index contributed by atoms with van der Waals surface area (Å²) < 4.78 is 0.936. The molecule has 0 saturated carbocycles. The molecule has 2 saturated heterocycles. The average Bonchev–Trinajstić information content (AvgIpc) is 3.03. The van der Waals surface area contributed by atoms with Crippen molar-refractivity contribution in [2.24, 2.45) is 5.92 Å². The van der Waals surface area contributed by atoms with Crippen LogP contribution in [-0.4, -0.2) is 48.9 Å². The lowest BCUT2D eigenvalue weighted by Crippen LogP contribution is -2.47. The average molecular weight is 422 g/mol. The lowest BCUT2D eigenvalue weighted by atomic mass is 10.0. The molecule has 2 amide bonds. The van der Waals surface area contributed by atoms with Gasteiger partial charge in [0.1, 0.15) is 5.92 Å². The number of rotatable bonds is 6. The second-order valence-corrected chi connectivity index (χ2v) is 8.20. The lowest BCUT2D eigenvalue weighted by Gasteiger charge is -2.32. The molecule has 2 aliphatic rings. The van der Waals surface area contributed by atoms with Gasteiger partial charge >= 0.3 is 0 Å². The summed E-state index contributed by atoms with van der Waals surface area (Å²) >= 11 is 3.44. The van der Waals surface area contributed by atoms with Crippen molar-refractivity contribution in [2.75, 3.05) is 31.1 Å². The van der Waals surface area contributed by atoms with Gasteiger partial charge in [0.15, 0.2) is 0 Å². The van der Waals surface area contributed by atoms with Crippen molar-refractivity contribution in [1.82, 2.24) is 10.2 Å². The Kier molecular flexibility index (Phi) is 6.70. The maximum Gasteiger partial charge on any atom is 0.239 e. The Morgan fingerprint density at radius 2 is 2.00 bits per heavy atom. The summed E-state index contributed by atoms with van der Waals surface area (Å²) in [5.41, 5.74) is 0.851. The number of amides is 2. The number of carbonyl (C=O) groups excluding carboxylic acids is 2. The van der Waals surface area contributed by atoms with Crippen LogP contribution in [0.4, 0.5) is 5.69 Å². The summed E-state index contributed by atoms with van der Waals surface area (Å²) in [5.74, 6) is -0.729.